The standard InChI is InChI=1S/C13H18ClN3O2/c14-12-3-4-13(17(18)19)11(9-12)10-15-5-8-16-6-1-2-7-16/h3-4,9,15H,1-2,5-8,10H2. The lowest BCUT2D eigenvalue weighted by molar-refractivity contribution is -0.385. The molecule has 0 atom stereocenters. The Hall–Kier alpha value is -1.17. The summed E-state index contributed by atoms with van der Waals surface area (Å²) in [5.41, 5.74) is 0.761. The maximum atomic E-state index is 10.9. The van der Waals surface area contributed by atoms with Gasteiger partial charge in [-0.25, -0.2) is 0 Å². The minimum Gasteiger partial charge on any atom is -0.311 e. The van der Waals surface area contributed by atoms with Crippen molar-refractivity contribution in [2.24, 2.45) is 0 Å². The van der Waals surface area contributed by atoms with E-state index < -0.39 is 0 Å². The Balaban J connectivity index is 1.84. The zero-order valence-corrected chi connectivity index (χ0v) is 11.5. The van der Waals surface area contributed by atoms with Crippen LogP contribution >= 0.6 is 11.6 Å². The monoisotopic (exact) mass is 283 g/mol. The number of nitro benzene ring substituents is 1. The number of rotatable bonds is 6. The Morgan fingerprint density at radius 2 is 2.11 bits per heavy atom. The Kier molecular flexibility index (Phi) is 5.13. The van der Waals surface area contributed by atoms with E-state index >= 15 is 0 Å². The van der Waals surface area contributed by atoms with Crippen LogP contribution in [0.3, 0.4) is 0 Å². The molecule has 1 N–H and O–H groups in total. The molecule has 104 valence electrons. The van der Waals surface area contributed by atoms with Gasteiger partial charge in [-0.15, -0.1) is 0 Å². The fourth-order valence-electron chi connectivity index (χ4n) is 2.34. The van der Waals surface area contributed by atoms with Gasteiger partial charge in [0.2, 0.25) is 0 Å². The molecule has 1 aliphatic heterocycles. The zero-order chi connectivity index (χ0) is 13.7. The summed E-state index contributed by atoms with van der Waals surface area (Å²) in [7, 11) is 0. The van der Waals surface area contributed by atoms with Crippen LogP contribution in [0.15, 0.2) is 18.2 Å². The van der Waals surface area contributed by atoms with Crippen LogP contribution in [0.2, 0.25) is 5.02 Å². The van der Waals surface area contributed by atoms with Crippen molar-refractivity contribution in [2.45, 2.75) is 19.4 Å². The second-order valence-corrected chi connectivity index (χ2v) is 5.19. The molecule has 1 heterocycles. The fraction of sp³-hybridized carbons (Fsp3) is 0.538. The van der Waals surface area contributed by atoms with Gasteiger partial charge in [0.15, 0.2) is 0 Å². The first-order valence-electron chi connectivity index (χ1n) is 6.53. The van der Waals surface area contributed by atoms with Crippen molar-refractivity contribution in [1.82, 2.24) is 10.2 Å². The normalized spacial score (nSPS) is 15.8. The van der Waals surface area contributed by atoms with Crippen LogP contribution in [0.25, 0.3) is 0 Å². The zero-order valence-electron chi connectivity index (χ0n) is 10.8. The third-order valence-electron chi connectivity index (χ3n) is 3.36. The third-order valence-corrected chi connectivity index (χ3v) is 3.59. The molecule has 1 aliphatic rings. The molecule has 0 amide bonds. The maximum Gasteiger partial charge on any atom is 0.273 e. The highest BCUT2D eigenvalue weighted by Gasteiger charge is 2.14. The minimum absolute atomic E-state index is 0.123. The van der Waals surface area contributed by atoms with Gasteiger partial charge >= 0.3 is 0 Å². The molecule has 6 heteroatoms. The van der Waals surface area contributed by atoms with Crippen LogP contribution < -0.4 is 5.32 Å². The van der Waals surface area contributed by atoms with Crippen molar-refractivity contribution in [3.05, 3.63) is 38.9 Å². The van der Waals surface area contributed by atoms with E-state index in [1.807, 2.05) is 0 Å². The summed E-state index contributed by atoms with van der Waals surface area (Å²) in [5, 5.41) is 14.7. The first-order valence-corrected chi connectivity index (χ1v) is 6.90. The molecule has 0 unspecified atom stereocenters. The number of hydrogen-bond acceptors (Lipinski definition) is 4. The summed E-state index contributed by atoms with van der Waals surface area (Å²) in [4.78, 5) is 12.9. The van der Waals surface area contributed by atoms with Crippen LogP contribution in [-0.2, 0) is 6.54 Å². The SMILES string of the molecule is O=[N+]([O-])c1ccc(Cl)cc1CNCCN1CCCC1. The Morgan fingerprint density at radius 1 is 1.37 bits per heavy atom. The van der Waals surface area contributed by atoms with E-state index in [1.54, 1.807) is 12.1 Å². The molecule has 0 radical (unpaired) electrons. The van der Waals surface area contributed by atoms with Gasteiger partial charge in [0, 0.05) is 36.3 Å². The van der Waals surface area contributed by atoms with Crippen molar-refractivity contribution < 1.29 is 4.92 Å². The predicted molar refractivity (Wildman–Crippen MR) is 75.5 cm³/mol. The molecule has 0 bridgehead atoms. The fourth-order valence-corrected chi connectivity index (χ4v) is 2.53. The molecule has 2 rings (SSSR count). The summed E-state index contributed by atoms with van der Waals surface area (Å²) in [6.07, 6.45) is 2.56. The molecule has 1 aromatic rings. The van der Waals surface area contributed by atoms with Gasteiger partial charge in [-0.05, 0) is 38.1 Å². The van der Waals surface area contributed by atoms with Crippen molar-refractivity contribution in [3.63, 3.8) is 0 Å². The Morgan fingerprint density at radius 3 is 2.79 bits per heavy atom. The third kappa shape index (κ3) is 4.16. The van der Waals surface area contributed by atoms with E-state index in [0.717, 1.165) is 13.1 Å². The van der Waals surface area contributed by atoms with E-state index in [1.165, 1.54) is 32.0 Å². The lowest BCUT2D eigenvalue weighted by Crippen LogP contribution is -2.29. The second kappa shape index (κ2) is 6.84. The minimum atomic E-state index is -0.367. The van der Waals surface area contributed by atoms with Crippen LogP contribution in [-0.4, -0.2) is 36.0 Å². The Bertz CT molecular complexity index is 448. The molecule has 0 aromatic heterocycles. The van der Waals surface area contributed by atoms with Gasteiger partial charge in [-0.2, -0.15) is 0 Å². The van der Waals surface area contributed by atoms with Crippen molar-refractivity contribution in [2.75, 3.05) is 26.2 Å². The average Bonchev–Trinajstić information content (AvgIpc) is 2.87. The van der Waals surface area contributed by atoms with E-state index in [9.17, 15) is 10.1 Å². The molecule has 1 saturated heterocycles. The highest BCUT2D eigenvalue weighted by molar-refractivity contribution is 6.30. The molecule has 19 heavy (non-hydrogen) atoms. The molecule has 0 spiro atoms. The van der Waals surface area contributed by atoms with Crippen LogP contribution in [0.1, 0.15) is 18.4 Å². The van der Waals surface area contributed by atoms with E-state index in [-0.39, 0.29) is 10.6 Å². The van der Waals surface area contributed by atoms with Gasteiger partial charge in [0.05, 0.1) is 4.92 Å². The lowest BCUT2D eigenvalue weighted by atomic mass is 10.2. The molecular weight excluding hydrogens is 266 g/mol. The van der Waals surface area contributed by atoms with Crippen molar-refractivity contribution in [1.29, 1.82) is 0 Å². The largest absolute Gasteiger partial charge is 0.311 e. The summed E-state index contributed by atoms with van der Waals surface area (Å²) in [5.74, 6) is 0. The van der Waals surface area contributed by atoms with E-state index in [2.05, 4.69) is 10.2 Å². The summed E-state index contributed by atoms with van der Waals surface area (Å²) < 4.78 is 0. The average molecular weight is 284 g/mol. The van der Waals surface area contributed by atoms with E-state index in [0.29, 0.717) is 17.1 Å². The van der Waals surface area contributed by atoms with Crippen LogP contribution in [0.5, 0.6) is 0 Å². The highest BCUT2D eigenvalue weighted by Crippen LogP contribution is 2.22. The van der Waals surface area contributed by atoms with Gasteiger partial charge in [-0.1, -0.05) is 11.6 Å². The smallest absolute Gasteiger partial charge is 0.273 e. The number of halogens is 1. The Labute approximate surface area is 117 Å². The predicted octanol–water partition coefficient (Wildman–Crippen LogP) is 2.43. The highest BCUT2D eigenvalue weighted by atomic mass is 35.5. The molecular formula is C13H18ClN3O2. The number of nitrogens with one attached hydrogen (secondary N) is 1. The van der Waals surface area contributed by atoms with Gasteiger partial charge in [0.1, 0.15) is 0 Å². The molecule has 0 saturated carbocycles. The van der Waals surface area contributed by atoms with E-state index in [4.69, 9.17) is 11.6 Å². The van der Waals surface area contributed by atoms with Gasteiger partial charge in [0.25, 0.3) is 5.69 Å². The van der Waals surface area contributed by atoms with Crippen molar-refractivity contribution >= 4 is 17.3 Å². The molecule has 0 aliphatic carbocycles. The van der Waals surface area contributed by atoms with Crippen molar-refractivity contribution in [3.8, 4) is 0 Å². The number of nitro groups is 1. The number of benzene rings is 1. The van der Waals surface area contributed by atoms with Gasteiger partial charge in [-0.3, -0.25) is 10.1 Å². The first kappa shape index (κ1) is 14.2. The summed E-state index contributed by atoms with van der Waals surface area (Å²) in [6, 6.07) is 4.66. The molecule has 5 nitrogen and oxygen atoms in total. The lowest BCUT2D eigenvalue weighted by Gasteiger charge is -2.14. The van der Waals surface area contributed by atoms with Crippen LogP contribution in [0.4, 0.5) is 5.69 Å². The van der Waals surface area contributed by atoms with Crippen LogP contribution in [0, 0.1) is 10.1 Å². The number of likely N-dealkylation sites (tertiary alicyclic amines) is 1. The molecule has 1 aromatic carbocycles. The van der Waals surface area contributed by atoms with Gasteiger partial charge < -0.3 is 10.2 Å². The maximum absolute atomic E-state index is 10.9. The number of nitrogens with zero attached hydrogens (tertiary/aromatic N) is 2. The summed E-state index contributed by atoms with van der Waals surface area (Å²) >= 11 is 5.88. The summed E-state index contributed by atoms with van der Waals surface area (Å²) in [6.45, 7) is 4.64. The number of hydrogen-bond donors (Lipinski definition) is 1. The molecule has 1 fully saturated rings. The second-order valence-electron chi connectivity index (χ2n) is 4.76. The topological polar surface area (TPSA) is 58.4 Å². The quantitative estimate of drug-likeness (QED) is 0.495. The first-order chi connectivity index (χ1) is 9.16.